The van der Waals surface area contributed by atoms with Gasteiger partial charge in [0, 0.05) is 10.6 Å². The van der Waals surface area contributed by atoms with E-state index in [1.54, 1.807) is 24.3 Å². The van der Waals surface area contributed by atoms with E-state index in [-0.39, 0.29) is 35.3 Å². The molecule has 2 rings (SSSR count). The Bertz CT molecular complexity index is 548. The fraction of sp³-hybridized carbons (Fsp3) is 0. The first-order valence-electron chi connectivity index (χ1n) is 4.46. The molecule has 0 aliphatic rings. The number of carbonyl (C=O) groups is 1. The van der Waals surface area contributed by atoms with Crippen LogP contribution in [0.4, 0.5) is 0 Å². The van der Waals surface area contributed by atoms with Gasteiger partial charge in [-0.25, -0.2) is 9.97 Å². The van der Waals surface area contributed by atoms with Crippen molar-refractivity contribution in [3.8, 4) is 11.3 Å². The zero-order valence-corrected chi connectivity index (χ0v) is 11.8. The van der Waals surface area contributed by atoms with Crippen molar-refractivity contribution in [1.29, 1.82) is 0 Å². The third kappa shape index (κ3) is 3.51. The van der Waals surface area contributed by atoms with Crippen LogP contribution in [0.5, 0.6) is 0 Å². The van der Waals surface area contributed by atoms with Crippen LogP contribution in [0.3, 0.4) is 0 Å². The molecule has 0 radical (unpaired) electrons. The van der Waals surface area contributed by atoms with E-state index in [1.165, 1.54) is 12.4 Å². The number of rotatable bonds is 2. The van der Waals surface area contributed by atoms with E-state index in [0.29, 0.717) is 10.7 Å². The molecule has 0 fully saturated rings. The Kier molecular flexibility index (Phi) is 5.08. The molecule has 0 aliphatic heterocycles. The van der Waals surface area contributed by atoms with Crippen LogP contribution in [0.25, 0.3) is 11.3 Å². The van der Waals surface area contributed by atoms with Crippen molar-refractivity contribution in [3.63, 3.8) is 0 Å². The van der Waals surface area contributed by atoms with Crippen LogP contribution in [0.1, 0.15) is 10.5 Å². The molecule has 2 aromatic rings. The summed E-state index contributed by atoms with van der Waals surface area (Å²) in [6.45, 7) is 0. The summed E-state index contributed by atoms with van der Waals surface area (Å²) < 4.78 is 0. The standard InChI is InChI=1S/C11H7ClN2O2.Na/c12-8-3-1-2-7(4-8)9-5-10(11(15)16)14-6-13-9;/h1-6H,(H,15,16);/q;+1/p-1. The minimum absolute atomic E-state index is 0. The van der Waals surface area contributed by atoms with Gasteiger partial charge in [-0.3, -0.25) is 0 Å². The number of hydrogen-bond donors (Lipinski definition) is 0. The number of carbonyl (C=O) groups excluding carboxylic acids is 1. The van der Waals surface area contributed by atoms with Crippen LogP contribution in [0.2, 0.25) is 5.02 Å². The van der Waals surface area contributed by atoms with Crippen molar-refractivity contribution in [2.24, 2.45) is 0 Å². The SMILES string of the molecule is O=C([O-])c1cc(-c2cccc(Cl)c2)ncn1.[Na+]. The predicted molar refractivity (Wildman–Crippen MR) is 56.8 cm³/mol. The van der Waals surface area contributed by atoms with E-state index < -0.39 is 5.97 Å². The third-order valence-electron chi connectivity index (χ3n) is 2.00. The maximum atomic E-state index is 10.6. The van der Waals surface area contributed by atoms with E-state index in [9.17, 15) is 9.90 Å². The monoisotopic (exact) mass is 256 g/mol. The average molecular weight is 257 g/mol. The molecule has 0 N–H and O–H groups in total. The minimum atomic E-state index is -1.33. The van der Waals surface area contributed by atoms with Crippen LogP contribution in [-0.4, -0.2) is 15.9 Å². The fourth-order valence-corrected chi connectivity index (χ4v) is 1.46. The van der Waals surface area contributed by atoms with Crippen LogP contribution in [0, 0.1) is 0 Å². The van der Waals surface area contributed by atoms with E-state index in [4.69, 9.17) is 11.6 Å². The van der Waals surface area contributed by atoms with Gasteiger partial charge in [0.05, 0.1) is 17.4 Å². The molecule has 4 nitrogen and oxygen atoms in total. The first-order valence-corrected chi connectivity index (χ1v) is 4.84. The molecule has 0 amide bonds. The van der Waals surface area contributed by atoms with Crippen molar-refractivity contribution in [2.75, 3.05) is 0 Å². The second-order valence-corrected chi connectivity index (χ2v) is 3.52. The Hall–Kier alpha value is -0.940. The van der Waals surface area contributed by atoms with Crippen LogP contribution < -0.4 is 34.7 Å². The maximum absolute atomic E-state index is 10.6. The summed E-state index contributed by atoms with van der Waals surface area (Å²) in [6, 6.07) is 8.32. The number of nitrogens with zero attached hydrogens (tertiary/aromatic N) is 2. The molecule has 0 bridgehead atoms. The molecule has 0 unspecified atom stereocenters. The summed E-state index contributed by atoms with van der Waals surface area (Å²) in [5.74, 6) is -1.33. The molecule has 6 heteroatoms. The fourth-order valence-electron chi connectivity index (χ4n) is 1.27. The number of carboxylic acid groups (broad SMARTS) is 1. The summed E-state index contributed by atoms with van der Waals surface area (Å²) in [6.07, 6.45) is 1.18. The Morgan fingerprint density at radius 3 is 2.65 bits per heavy atom. The second kappa shape index (κ2) is 6.12. The Labute approximate surface area is 125 Å². The topological polar surface area (TPSA) is 65.9 Å². The van der Waals surface area contributed by atoms with E-state index in [2.05, 4.69) is 9.97 Å². The largest absolute Gasteiger partial charge is 1.00 e. The van der Waals surface area contributed by atoms with Crippen molar-refractivity contribution in [1.82, 2.24) is 9.97 Å². The molecule has 0 atom stereocenters. The summed E-state index contributed by atoms with van der Waals surface area (Å²) in [7, 11) is 0. The number of hydrogen-bond acceptors (Lipinski definition) is 4. The Morgan fingerprint density at radius 2 is 2.00 bits per heavy atom. The molecule has 1 aromatic carbocycles. The molecule has 80 valence electrons. The van der Waals surface area contributed by atoms with Crippen molar-refractivity contribution < 1.29 is 39.5 Å². The molecule has 0 aliphatic carbocycles. The van der Waals surface area contributed by atoms with Crippen LogP contribution in [0.15, 0.2) is 36.7 Å². The summed E-state index contributed by atoms with van der Waals surface area (Å²) in [5, 5.41) is 11.2. The van der Waals surface area contributed by atoms with Gasteiger partial charge in [-0.05, 0) is 18.2 Å². The molecular formula is C11H6ClN2NaO2. The summed E-state index contributed by atoms with van der Waals surface area (Å²) >= 11 is 5.83. The third-order valence-corrected chi connectivity index (χ3v) is 2.23. The molecule has 1 aromatic heterocycles. The normalized spacial score (nSPS) is 9.47. The van der Waals surface area contributed by atoms with Gasteiger partial charge in [0.2, 0.25) is 0 Å². The summed E-state index contributed by atoms with van der Waals surface area (Å²) in [5.41, 5.74) is 1.08. The van der Waals surface area contributed by atoms with Crippen LogP contribution >= 0.6 is 11.6 Å². The smallest absolute Gasteiger partial charge is 0.543 e. The molecule has 17 heavy (non-hydrogen) atoms. The van der Waals surface area contributed by atoms with Gasteiger partial charge in [0.25, 0.3) is 0 Å². The van der Waals surface area contributed by atoms with Crippen molar-refractivity contribution in [2.45, 2.75) is 0 Å². The number of carboxylic acids is 1. The zero-order valence-electron chi connectivity index (χ0n) is 9.05. The van der Waals surface area contributed by atoms with Gasteiger partial charge in [-0.15, -0.1) is 0 Å². The molecule has 0 saturated carbocycles. The van der Waals surface area contributed by atoms with Gasteiger partial charge in [0.1, 0.15) is 6.33 Å². The van der Waals surface area contributed by atoms with Crippen molar-refractivity contribution in [3.05, 3.63) is 47.4 Å². The van der Waals surface area contributed by atoms with E-state index in [1.807, 2.05) is 0 Å². The molecular weight excluding hydrogens is 251 g/mol. The van der Waals surface area contributed by atoms with Gasteiger partial charge in [-0.2, -0.15) is 0 Å². The number of aromatic nitrogens is 2. The van der Waals surface area contributed by atoms with E-state index >= 15 is 0 Å². The molecule has 1 heterocycles. The van der Waals surface area contributed by atoms with Crippen molar-refractivity contribution >= 4 is 17.6 Å². The maximum Gasteiger partial charge on any atom is 1.00 e. The Balaban J connectivity index is 0.00000144. The van der Waals surface area contributed by atoms with Gasteiger partial charge >= 0.3 is 29.6 Å². The molecule has 0 saturated heterocycles. The predicted octanol–water partition coefficient (Wildman–Crippen LogP) is -1.84. The summed E-state index contributed by atoms with van der Waals surface area (Å²) in [4.78, 5) is 18.2. The molecule has 0 spiro atoms. The minimum Gasteiger partial charge on any atom is -0.543 e. The van der Waals surface area contributed by atoms with Gasteiger partial charge in [0.15, 0.2) is 0 Å². The number of benzene rings is 1. The average Bonchev–Trinajstić information content (AvgIpc) is 2.29. The first kappa shape index (κ1) is 14.1. The second-order valence-electron chi connectivity index (χ2n) is 3.09. The number of halogens is 1. The zero-order chi connectivity index (χ0) is 11.5. The van der Waals surface area contributed by atoms with Crippen LogP contribution in [-0.2, 0) is 0 Å². The first-order chi connectivity index (χ1) is 7.66. The van der Waals surface area contributed by atoms with E-state index in [0.717, 1.165) is 5.56 Å². The van der Waals surface area contributed by atoms with Gasteiger partial charge < -0.3 is 9.90 Å². The quantitative estimate of drug-likeness (QED) is 0.593. The number of aromatic carboxylic acids is 1. The van der Waals surface area contributed by atoms with Gasteiger partial charge in [-0.1, -0.05) is 23.7 Å². The Morgan fingerprint density at radius 1 is 1.24 bits per heavy atom.